The van der Waals surface area contributed by atoms with Crippen molar-refractivity contribution in [1.82, 2.24) is 0 Å². The first-order valence-corrected chi connectivity index (χ1v) is 10.3. The van der Waals surface area contributed by atoms with Gasteiger partial charge in [0.1, 0.15) is 0 Å². The predicted octanol–water partition coefficient (Wildman–Crippen LogP) is 7.43. The summed E-state index contributed by atoms with van der Waals surface area (Å²) in [7, 11) is 0. The van der Waals surface area contributed by atoms with E-state index in [1.807, 2.05) is 22.7 Å². The monoisotopic (exact) mass is 382 g/mol. The summed E-state index contributed by atoms with van der Waals surface area (Å²) < 4.78 is 1.24. The van der Waals surface area contributed by atoms with Crippen LogP contribution in [0.3, 0.4) is 0 Å². The fourth-order valence-electron chi connectivity index (χ4n) is 2.33. The van der Waals surface area contributed by atoms with Crippen LogP contribution in [-0.4, -0.2) is 0 Å². The van der Waals surface area contributed by atoms with Crippen molar-refractivity contribution in [3.05, 3.63) is 42.2 Å². The number of hydrogen-bond donors (Lipinski definition) is 0. The molecule has 0 bridgehead atoms. The first-order chi connectivity index (χ1) is 10.2. The topological polar surface area (TPSA) is 0 Å². The Labute approximate surface area is 145 Å². The Bertz CT molecular complexity index is 578. The molecule has 0 fully saturated rings. The van der Waals surface area contributed by atoms with E-state index < -0.39 is 0 Å². The molecule has 0 aliphatic heterocycles. The van der Waals surface area contributed by atoms with Gasteiger partial charge in [-0.2, -0.15) is 0 Å². The second kappa shape index (κ2) is 8.92. The van der Waals surface area contributed by atoms with Gasteiger partial charge in [-0.3, -0.25) is 0 Å². The Kier molecular flexibility index (Phi) is 7.21. The summed E-state index contributed by atoms with van der Waals surface area (Å²) in [6.07, 6.45) is 12.1. The zero-order chi connectivity index (χ0) is 15.1. The molecule has 2 aromatic rings. The second-order valence-corrected chi connectivity index (χ2v) is 8.70. The first-order valence-electron chi connectivity index (χ1n) is 7.77. The van der Waals surface area contributed by atoms with Gasteiger partial charge in [0.2, 0.25) is 0 Å². The lowest BCUT2D eigenvalue weighted by Crippen LogP contribution is -1.84. The van der Waals surface area contributed by atoms with Crippen molar-refractivity contribution in [3.8, 4) is 0 Å². The predicted molar refractivity (Wildman–Crippen MR) is 102 cm³/mol. The van der Waals surface area contributed by atoms with Crippen LogP contribution in [0.5, 0.6) is 0 Å². The van der Waals surface area contributed by atoms with Crippen molar-refractivity contribution in [2.75, 3.05) is 0 Å². The number of hydrogen-bond acceptors (Lipinski definition) is 2. The third-order valence-electron chi connectivity index (χ3n) is 3.58. The van der Waals surface area contributed by atoms with Gasteiger partial charge in [0.25, 0.3) is 0 Å². The molecule has 0 aliphatic rings. The van der Waals surface area contributed by atoms with Crippen molar-refractivity contribution >= 4 is 50.8 Å². The summed E-state index contributed by atoms with van der Waals surface area (Å²) in [6, 6.07) is 4.56. The SMILES string of the molecule is CCCCc1ccsc1C=Cc1sc(Br)cc1CCCC. The number of unbranched alkanes of at least 4 members (excludes halogenated alkanes) is 2. The summed E-state index contributed by atoms with van der Waals surface area (Å²) in [5.41, 5.74) is 2.99. The normalized spacial score (nSPS) is 11.6. The van der Waals surface area contributed by atoms with Crippen LogP contribution in [0.25, 0.3) is 12.2 Å². The van der Waals surface area contributed by atoms with Crippen LogP contribution >= 0.6 is 38.6 Å². The summed E-state index contributed by atoms with van der Waals surface area (Å²) >= 11 is 7.33. The second-order valence-electron chi connectivity index (χ2n) is 5.29. The Morgan fingerprint density at radius 2 is 1.67 bits per heavy atom. The van der Waals surface area contributed by atoms with Gasteiger partial charge in [0.05, 0.1) is 3.79 Å². The summed E-state index contributed by atoms with van der Waals surface area (Å²) in [4.78, 5) is 2.83. The number of halogens is 1. The molecule has 2 heterocycles. The van der Waals surface area contributed by atoms with Gasteiger partial charge in [-0.25, -0.2) is 0 Å². The van der Waals surface area contributed by atoms with Crippen molar-refractivity contribution in [1.29, 1.82) is 0 Å². The highest BCUT2D eigenvalue weighted by Gasteiger charge is 2.06. The lowest BCUT2D eigenvalue weighted by Gasteiger charge is -2.00. The fraction of sp³-hybridized carbons (Fsp3) is 0.444. The lowest BCUT2D eigenvalue weighted by atomic mass is 10.1. The maximum absolute atomic E-state index is 3.63. The van der Waals surface area contributed by atoms with Crippen molar-refractivity contribution in [2.45, 2.75) is 52.4 Å². The smallest absolute Gasteiger partial charge is 0.0707 e. The summed E-state index contributed by atoms with van der Waals surface area (Å²) in [5, 5.41) is 2.22. The molecule has 0 saturated heterocycles. The molecule has 0 unspecified atom stereocenters. The van der Waals surface area contributed by atoms with E-state index in [1.165, 1.54) is 63.2 Å². The Morgan fingerprint density at radius 1 is 1.00 bits per heavy atom. The van der Waals surface area contributed by atoms with Crippen molar-refractivity contribution in [3.63, 3.8) is 0 Å². The van der Waals surface area contributed by atoms with E-state index in [2.05, 4.69) is 59.4 Å². The van der Waals surface area contributed by atoms with E-state index in [4.69, 9.17) is 0 Å². The molecule has 21 heavy (non-hydrogen) atoms. The van der Waals surface area contributed by atoms with Gasteiger partial charge in [0, 0.05) is 9.75 Å². The zero-order valence-corrected chi connectivity index (χ0v) is 16.0. The number of thiophene rings is 2. The van der Waals surface area contributed by atoms with Crippen molar-refractivity contribution in [2.24, 2.45) is 0 Å². The largest absolute Gasteiger partial charge is 0.144 e. The van der Waals surface area contributed by atoms with Crippen LogP contribution in [0.4, 0.5) is 0 Å². The van der Waals surface area contributed by atoms with E-state index in [1.54, 1.807) is 0 Å². The third kappa shape index (κ3) is 5.08. The molecule has 114 valence electrons. The van der Waals surface area contributed by atoms with E-state index in [0.29, 0.717) is 0 Å². The Hall–Kier alpha value is -0.380. The van der Waals surface area contributed by atoms with E-state index in [9.17, 15) is 0 Å². The maximum Gasteiger partial charge on any atom is 0.0707 e. The van der Waals surface area contributed by atoms with Crippen LogP contribution < -0.4 is 0 Å². The first kappa shape index (κ1) is 17.0. The van der Waals surface area contributed by atoms with Gasteiger partial charge in [0.15, 0.2) is 0 Å². The molecule has 0 amide bonds. The van der Waals surface area contributed by atoms with Crippen molar-refractivity contribution < 1.29 is 0 Å². The molecule has 0 aliphatic carbocycles. The number of aryl methyl sites for hydroxylation is 2. The highest BCUT2D eigenvalue weighted by atomic mass is 79.9. The highest BCUT2D eigenvalue weighted by molar-refractivity contribution is 9.11. The molecule has 0 aromatic carbocycles. The van der Waals surface area contributed by atoms with Crippen LogP contribution in [0.1, 0.15) is 60.4 Å². The molecule has 0 radical (unpaired) electrons. The Balaban J connectivity index is 2.12. The highest BCUT2D eigenvalue weighted by Crippen LogP contribution is 2.31. The molecule has 0 atom stereocenters. The standard InChI is InChI=1S/C18H23BrS2/c1-3-5-7-14-11-12-20-16(14)9-10-17-15(8-6-4-2)13-18(19)21-17/h9-13H,3-8H2,1-2H3. The van der Waals surface area contributed by atoms with Gasteiger partial charge in [-0.15, -0.1) is 22.7 Å². The molecule has 0 N–H and O–H groups in total. The fourth-order valence-corrected chi connectivity index (χ4v) is 4.82. The van der Waals surface area contributed by atoms with Crippen LogP contribution in [0.15, 0.2) is 21.3 Å². The molecular weight excluding hydrogens is 360 g/mol. The molecule has 0 saturated carbocycles. The Morgan fingerprint density at radius 3 is 2.38 bits per heavy atom. The molecular formula is C18H23BrS2. The van der Waals surface area contributed by atoms with Gasteiger partial charge in [-0.1, -0.05) is 26.7 Å². The molecule has 3 heteroatoms. The minimum Gasteiger partial charge on any atom is -0.144 e. The van der Waals surface area contributed by atoms with Gasteiger partial charge >= 0.3 is 0 Å². The third-order valence-corrected chi connectivity index (χ3v) is 6.15. The molecule has 2 aromatic heterocycles. The summed E-state index contributed by atoms with van der Waals surface area (Å²) in [5.74, 6) is 0. The quantitative estimate of drug-likeness (QED) is 0.445. The minimum atomic E-state index is 1.19. The van der Waals surface area contributed by atoms with Crippen LogP contribution in [-0.2, 0) is 12.8 Å². The summed E-state index contributed by atoms with van der Waals surface area (Å²) in [6.45, 7) is 4.51. The minimum absolute atomic E-state index is 1.19. The van der Waals surface area contributed by atoms with E-state index in [0.717, 1.165) is 0 Å². The molecule has 2 rings (SSSR count). The number of rotatable bonds is 8. The van der Waals surface area contributed by atoms with Crippen LogP contribution in [0, 0.1) is 0 Å². The lowest BCUT2D eigenvalue weighted by molar-refractivity contribution is 0.796. The van der Waals surface area contributed by atoms with Crippen LogP contribution in [0.2, 0.25) is 0 Å². The van der Waals surface area contributed by atoms with E-state index in [-0.39, 0.29) is 0 Å². The average Bonchev–Trinajstić information content (AvgIpc) is 3.06. The zero-order valence-electron chi connectivity index (χ0n) is 12.8. The van der Waals surface area contributed by atoms with Gasteiger partial charge in [-0.05, 0) is 82.4 Å². The molecule has 0 nitrogen and oxygen atoms in total. The molecule has 0 spiro atoms. The van der Waals surface area contributed by atoms with E-state index >= 15 is 0 Å². The van der Waals surface area contributed by atoms with Gasteiger partial charge < -0.3 is 0 Å². The maximum atomic E-state index is 3.63. The average molecular weight is 383 g/mol.